The fourth-order valence-corrected chi connectivity index (χ4v) is 2.56. The first kappa shape index (κ1) is 15.7. The number of unbranched alkanes of at least 4 members (excludes halogenated alkanes) is 4. The summed E-state index contributed by atoms with van der Waals surface area (Å²) >= 11 is 3.47. The van der Waals surface area contributed by atoms with E-state index in [0.717, 1.165) is 17.4 Å². The van der Waals surface area contributed by atoms with Gasteiger partial charge in [0.25, 0.3) is 0 Å². The summed E-state index contributed by atoms with van der Waals surface area (Å²) in [4.78, 5) is 0. The highest BCUT2D eigenvalue weighted by Gasteiger charge is 2.07. The molecule has 18 heavy (non-hydrogen) atoms. The van der Waals surface area contributed by atoms with Crippen LogP contribution in [0.3, 0.4) is 0 Å². The number of hydrogen-bond acceptors (Lipinski definition) is 1. The molecule has 0 saturated heterocycles. The fourth-order valence-electron chi connectivity index (χ4n) is 2.29. The van der Waals surface area contributed by atoms with Gasteiger partial charge in [-0.15, -0.1) is 0 Å². The molecule has 2 N–H and O–H groups in total. The molecule has 0 amide bonds. The lowest BCUT2D eigenvalue weighted by Gasteiger charge is -2.14. The molecule has 0 aliphatic carbocycles. The van der Waals surface area contributed by atoms with Crippen LogP contribution >= 0.6 is 15.9 Å². The predicted octanol–water partition coefficient (Wildman–Crippen LogP) is 4.93. The van der Waals surface area contributed by atoms with Gasteiger partial charge in [-0.2, -0.15) is 0 Å². The maximum Gasteiger partial charge on any atom is 0.0175 e. The van der Waals surface area contributed by atoms with E-state index in [1.54, 1.807) is 0 Å². The lowest BCUT2D eigenvalue weighted by molar-refractivity contribution is 0.458. The second-order valence-electron chi connectivity index (χ2n) is 5.14. The van der Waals surface area contributed by atoms with E-state index in [2.05, 4.69) is 47.1 Å². The molecule has 1 atom stereocenters. The molecule has 2 heteroatoms. The Morgan fingerprint density at radius 1 is 1.06 bits per heavy atom. The number of rotatable bonds is 9. The van der Waals surface area contributed by atoms with Gasteiger partial charge in [0.05, 0.1) is 0 Å². The molecule has 0 bridgehead atoms. The zero-order chi connectivity index (χ0) is 13.2. The Balaban J connectivity index is 2.26. The summed E-state index contributed by atoms with van der Waals surface area (Å²) in [6.07, 6.45) is 9.17. The van der Waals surface area contributed by atoms with Gasteiger partial charge in [-0.25, -0.2) is 0 Å². The van der Waals surface area contributed by atoms with Crippen molar-refractivity contribution < 1.29 is 0 Å². The second kappa shape index (κ2) is 9.57. The summed E-state index contributed by atoms with van der Waals surface area (Å²) in [7, 11) is 0. The SMILES string of the molecule is CCCCCCCC(CN)Cc1ccc(Br)cc1. The zero-order valence-corrected chi connectivity index (χ0v) is 13.1. The molecule has 1 unspecified atom stereocenters. The van der Waals surface area contributed by atoms with Crippen molar-refractivity contribution in [2.45, 2.75) is 51.9 Å². The molecule has 1 aromatic carbocycles. The fraction of sp³-hybridized carbons (Fsp3) is 0.625. The van der Waals surface area contributed by atoms with E-state index in [1.807, 2.05) is 0 Å². The topological polar surface area (TPSA) is 26.0 Å². The van der Waals surface area contributed by atoms with Crippen molar-refractivity contribution in [3.8, 4) is 0 Å². The van der Waals surface area contributed by atoms with E-state index < -0.39 is 0 Å². The minimum Gasteiger partial charge on any atom is -0.330 e. The predicted molar refractivity (Wildman–Crippen MR) is 83.8 cm³/mol. The molecule has 0 aromatic heterocycles. The van der Waals surface area contributed by atoms with Crippen LogP contribution < -0.4 is 5.73 Å². The normalized spacial score (nSPS) is 12.6. The van der Waals surface area contributed by atoms with Gasteiger partial charge in [0.2, 0.25) is 0 Å². The van der Waals surface area contributed by atoms with Gasteiger partial charge in [-0.1, -0.05) is 67.1 Å². The van der Waals surface area contributed by atoms with Gasteiger partial charge < -0.3 is 5.73 Å². The highest BCUT2D eigenvalue weighted by atomic mass is 79.9. The third-order valence-electron chi connectivity index (χ3n) is 3.49. The van der Waals surface area contributed by atoms with Crippen LogP contribution in [0.15, 0.2) is 28.7 Å². The third kappa shape index (κ3) is 6.55. The van der Waals surface area contributed by atoms with Crippen molar-refractivity contribution in [3.05, 3.63) is 34.3 Å². The largest absolute Gasteiger partial charge is 0.330 e. The van der Waals surface area contributed by atoms with Crippen molar-refractivity contribution in [1.29, 1.82) is 0 Å². The highest BCUT2D eigenvalue weighted by Crippen LogP contribution is 2.18. The van der Waals surface area contributed by atoms with Crippen LogP contribution in [0.4, 0.5) is 0 Å². The van der Waals surface area contributed by atoms with Crippen LogP contribution in [0.25, 0.3) is 0 Å². The molecule has 0 heterocycles. The monoisotopic (exact) mass is 311 g/mol. The molecular weight excluding hydrogens is 286 g/mol. The number of benzene rings is 1. The summed E-state index contributed by atoms with van der Waals surface area (Å²) in [6, 6.07) is 8.63. The molecule has 1 nitrogen and oxygen atoms in total. The minimum absolute atomic E-state index is 0.646. The smallest absolute Gasteiger partial charge is 0.0175 e. The van der Waals surface area contributed by atoms with E-state index in [9.17, 15) is 0 Å². The molecule has 0 aliphatic heterocycles. The Labute approximate surface area is 120 Å². The zero-order valence-electron chi connectivity index (χ0n) is 11.5. The van der Waals surface area contributed by atoms with Crippen LogP contribution in [0.2, 0.25) is 0 Å². The maximum atomic E-state index is 5.88. The maximum absolute atomic E-state index is 5.88. The summed E-state index contributed by atoms with van der Waals surface area (Å²) < 4.78 is 1.15. The van der Waals surface area contributed by atoms with Crippen LogP contribution in [0, 0.1) is 5.92 Å². The van der Waals surface area contributed by atoms with Crippen molar-refractivity contribution >= 4 is 15.9 Å². The summed E-state index contributed by atoms with van der Waals surface area (Å²) in [5, 5.41) is 0. The Kier molecular flexibility index (Phi) is 8.36. The Morgan fingerprint density at radius 2 is 1.72 bits per heavy atom. The highest BCUT2D eigenvalue weighted by molar-refractivity contribution is 9.10. The summed E-state index contributed by atoms with van der Waals surface area (Å²) in [6.45, 7) is 3.07. The third-order valence-corrected chi connectivity index (χ3v) is 4.02. The molecular formula is C16H26BrN. The first-order valence-electron chi connectivity index (χ1n) is 7.20. The molecule has 102 valence electrons. The quantitative estimate of drug-likeness (QED) is 0.643. The van der Waals surface area contributed by atoms with E-state index in [4.69, 9.17) is 5.73 Å². The summed E-state index contributed by atoms with van der Waals surface area (Å²) in [5.74, 6) is 0.646. The molecule has 0 spiro atoms. The molecule has 0 fully saturated rings. The number of halogens is 1. The van der Waals surface area contributed by atoms with Crippen molar-refractivity contribution in [2.75, 3.05) is 6.54 Å². The van der Waals surface area contributed by atoms with Crippen LogP contribution in [0.1, 0.15) is 51.0 Å². The molecule has 0 radical (unpaired) electrons. The molecule has 0 saturated carbocycles. The van der Waals surface area contributed by atoms with Gasteiger partial charge >= 0.3 is 0 Å². The van der Waals surface area contributed by atoms with Crippen molar-refractivity contribution in [2.24, 2.45) is 11.7 Å². The van der Waals surface area contributed by atoms with Crippen molar-refractivity contribution in [3.63, 3.8) is 0 Å². The number of hydrogen-bond donors (Lipinski definition) is 1. The van der Waals surface area contributed by atoms with Gasteiger partial charge in [0.1, 0.15) is 0 Å². The first-order chi connectivity index (χ1) is 8.76. The second-order valence-corrected chi connectivity index (χ2v) is 6.05. The average Bonchev–Trinajstić information content (AvgIpc) is 2.39. The Bertz CT molecular complexity index is 307. The van der Waals surface area contributed by atoms with E-state index in [0.29, 0.717) is 5.92 Å². The lowest BCUT2D eigenvalue weighted by Crippen LogP contribution is -2.16. The Morgan fingerprint density at radius 3 is 2.33 bits per heavy atom. The van der Waals surface area contributed by atoms with E-state index >= 15 is 0 Å². The Hall–Kier alpha value is -0.340. The average molecular weight is 312 g/mol. The van der Waals surface area contributed by atoms with Gasteiger partial charge in [-0.05, 0) is 43.0 Å². The van der Waals surface area contributed by atoms with Crippen LogP contribution in [-0.2, 0) is 6.42 Å². The van der Waals surface area contributed by atoms with E-state index in [1.165, 1.54) is 44.1 Å². The van der Waals surface area contributed by atoms with Crippen LogP contribution in [-0.4, -0.2) is 6.54 Å². The lowest BCUT2D eigenvalue weighted by atomic mass is 9.93. The standard InChI is InChI=1S/C16H26BrN/c1-2-3-4-5-6-7-15(13-18)12-14-8-10-16(17)11-9-14/h8-11,15H,2-7,12-13,18H2,1H3. The first-order valence-corrected chi connectivity index (χ1v) is 8.00. The minimum atomic E-state index is 0.646. The summed E-state index contributed by atoms with van der Waals surface area (Å²) in [5.41, 5.74) is 7.29. The molecule has 1 aromatic rings. The van der Waals surface area contributed by atoms with Gasteiger partial charge in [0, 0.05) is 4.47 Å². The molecule has 1 rings (SSSR count). The van der Waals surface area contributed by atoms with Crippen molar-refractivity contribution in [1.82, 2.24) is 0 Å². The van der Waals surface area contributed by atoms with Gasteiger partial charge in [0.15, 0.2) is 0 Å². The van der Waals surface area contributed by atoms with Crippen LogP contribution in [0.5, 0.6) is 0 Å². The van der Waals surface area contributed by atoms with Gasteiger partial charge in [-0.3, -0.25) is 0 Å². The molecule has 0 aliphatic rings. The van der Waals surface area contributed by atoms with E-state index in [-0.39, 0.29) is 0 Å². The number of nitrogens with two attached hydrogens (primary N) is 1.